The first-order valence-electron chi connectivity index (χ1n) is 14.3. The number of imide groups is 1. The fourth-order valence-electron chi connectivity index (χ4n) is 4.24. The van der Waals surface area contributed by atoms with E-state index in [9.17, 15) is 9.59 Å². The summed E-state index contributed by atoms with van der Waals surface area (Å²) in [6.45, 7) is 23.8. The Kier molecular flexibility index (Phi) is 8.40. The number of carbonyl (C=O) groups excluding carboxylic acids is 2. The maximum atomic E-state index is 13.2. The second-order valence-electron chi connectivity index (χ2n) is 13.9. The van der Waals surface area contributed by atoms with Crippen molar-refractivity contribution in [2.45, 2.75) is 97.5 Å². The van der Waals surface area contributed by atoms with Gasteiger partial charge in [-0.1, -0.05) is 41.5 Å². The molecule has 0 fully saturated rings. The lowest BCUT2D eigenvalue weighted by molar-refractivity contribution is -0.122. The van der Waals surface area contributed by atoms with Crippen molar-refractivity contribution >= 4 is 50.6 Å². The molecule has 3 aromatic rings. The molecule has 0 saturated carbocycles. The Balaban J connectivity index is 1.63. The lowest BCUT2D eigenvalue weighted by Gasteiger charge is -2.36. The molecule has 11 heteroatoms. The van der Waals surface area contributed by atoms with Gasteiger partial charge in [-0.25, -0.2) is 9.97 Å². The number of nitrogens with zero attached hydrogens (tertiary/aromatic N) is 4. The van der Waals surface area contributed by atoms with Crippen molar-refractivity contribution in [2.75, 3.05) is 6.61 Å². The molecule has 1 aliphatic heterocycles. The summed E-state index contributed by atoms with van der Waals surface area (Å²) in [5.41, 5.74) is 2.46. The van der Waals surface area contributed by atoms with Crippen LogP contribution in [0.3, 0.4) is 0 Å². The van der Waals surface area contributed by atoms with Gasteiger partial charge < -0.3 is 18.0 Å². The Labute approximate surface area is 245 Å². The molecule has 2 amide bonds. The Morgan fingerprint density at radius 3 is 2.17 bits per heavy atom. The predicted molar refractivity (Wildman–Crippen MR) is 168 cm³/mol. The Morgan fingerprint density at radius 1 is 0.878 bits per heavy atom. The van der Waals surface area contributed by atoms with E-state index in [-0.39, 0.29) is 15.6 Å². The first kappa shape index (κ1) is 31.1. The lowest BCUT2D eigenvalue weighted by atomic mass is 10.00. The minimum atomic E-state index is -1.97. The van der Waals surface area contributed by atoms with Crippen molar-refractivity contribution in [1.29, 1.82) is 0 Å². The Morgan fingerprint density at radius 2 is 1.51 bits per heavy atom. The van der Waals surface area contributed by atoms with E-state index in [0.717, 1.165) is 17.5 Å². The summed E-state index contributed by atoms with van der Waals surface area (Å²) >= 11 is 0. The summed E-state index contributed by atoms with van der Waals surface area (Å²) in [5, 5.41) is 3.52. The van der Waals surface area contributed by atoms with Crippen LogP contribution in [0.4, 0.5) is 0 Å². The van der Waals surface area contributed by atoms with Crippen molar-refractivity contribution in [3.63, 3.8) is 0 Å². The molecule has 9 nitrogen and oxygen atoms in total. The molecule has 4 rings (SSSR count). The van der Waals surface area contributed by atoms with Gasteiger partial charge in [-0.15, -0.1) is 0 Å². The normalized spacial score (nSPS) is 15.4. The molecule has 0 atom stereocenters. The smallest absolute Gasteiger partial charge is 0.261 e. The number of aryl methyl sites for hydroxylation is 1. The third-order valence-corrected chi connectivity index (χ3v) is 17.9. The molecule has 0 bridgehead atoms. The topological polar surface area (TPSA) is 100 Å². The van der Waals surface area contributed by atoms with Crippen LogP contribution in [0.5, 0.6) is 0 Å². The van der Waals surface area contributed by atoms with Crippen LogP contribution in [0, 0.1) is 0 Å². The van der Waals surface area contributed by atoms with Gasteiger partial charge in [0.1, 0.15) is 12.4 Å². The minimum Gasteiger partial charge on any atom is -0.417 e. The molecule has 41 heavy (non-hydrogen) atoms. The van der Waals surface area contributed by atoms with Crippen LogP contribution in [-0.4, -0.2) is 54.2 Å². The van der Waals surface area contributed by atoms with E-state index < -0.39 is 28.4 Å². The van der Waals surface area contributed by atoms with Gasteiger partial charge in [-0.05, 0) is 54.8 Å². The molecule has 0 saturated heterocycles. The van der Waals surface area contributed by atoms with Gasteiger partial charge in [0.15, 0.2) is 16.6 Å². The van der Waals surface area contributed by atoms with Crippen LogP contribution >= 0.6 is 0 Å². The van der Waals surface area contributed by atoms with Gasteiger partial charge >= 0.3 is 0 Å². The number of hydrogen-bond acceptors (Lipinski definition) is 6. The summed E-state index contributed by atoms with van der Waals surface area (Å²) in [7, 11) is -3.81. The van der Waals surface area contributed by atoms with Crippen molar-refractivity contribution in [1.82, 2.24) is 24.4 Å². The molecule has 0 aliphatic carbocycles. The van der Waals surface area contributed by atoms with Gasteiger partial charge in [-0.3, -0.25) is 14.9 Å². The minimum absolute atomic E-state index is 0.0724. The second kappa shape index (κ2) is 11.1. The zero-order valence-corrected chi connectivity index (χ0v) is 28.2. The number of nitrogens with one attached hydrogen (secondary N) is 1. The third kappa shape index (κ3) is 6.32. The number of imidazole rings is 1. The van der Waals surface area contributed by atoms with Crippen LogP contribution in [0.2, 0.25) is 36.3 Å². The van der Waals surface area contributed by atoms with E-state index in [1.54, 1.807) is 18.7 Å². The van der Waals surface area contributed by atoms with E-state index in [1.807, 2.05) is 27.5 Å². The Hall–Kier alpha value is -2.87. The number of fused-ring (bicyclic) bond motifs is 1. The molecule has 0 aromatic carbocycles. The SMILES string of the molecule is CC(C)(C)[Si](C)(C)OCCCn1cc(C2=C(c3cn(CO[Si](C)(C)C(C)(C)C)cn3)C(=O)NC2=O)c2cccnc21. The summed E-state index contributed by atoms with van der Waals surface area (Å²) in [6, 6.07) is 3.78. The van der Waals surface area contributed by atoms with Crippen LogP contribution < -0.4 is 5.32 Å². The lowest BCUT2D eigenvalue weighted by Crippen LogP contribution is -2.41. The molecule has 3 aromatic heterocycles. The van der Waals surface area contributed by atoms with Crippen molar-refractivity contribution in [2.24, 2.45) is 0 Å². The third-order valence-electron chi connectivity index (χ3n) is 8.92. The standard InChI is InChI=1S/C30H45N5O4Si2/c1-29(2,3)40(7,8)38-16-12-15-35-17-22(21-13-11-14-31-26(21)35)24-25(28(37)33-27(24)36)23-18-34(19-32-23)20-39-41(9,10)30(4,5)6/h11,13-14,17-19H,12,15-16,20H2,1-10H3,(H,33,36,37). The molecular formula is C30H45N5O4Si2. The maximum Gasteiger partial charge on any atom is 0.261 e. The maximum absolute atomic E-state index is 13.2. The average molecular weight is 596 g/mol. The van der Waals surface area contributed by atoms with Crippen LogP contribution in [0.1, 0.15) is 59.2 Å². The van der Waals surface area contributed by atoms with Crippen LogP contribution in [0.15, 0.2) is 37.1 Å². The van der Waals surface area contributed by atoms with Gasteiger partial charge in [0, 0.05) is 42.7 Å². The summed E-state index contributed by atoms with van der Waals surface area (Å²) in [5.74, 6) is -0.880. The molecular weight excluding hydrogens is 551 g/mol. The van der Waals surface area contributed by atoms with Gasteiger partial charge in [0.05, 0.1) is 23.2 Å². The highest BCUT2D eigenvalue weighted by atomic mass is 28.4. The number of pyridine rings is 1. The zero-order valence-electron chi connectivity index (χ0n) is 26.2. The van der Waals surface area contributed by atoms with Gasteiger partial charge in [-0.2, -0.15) is 0 Å². The second-order valence-corrected chi connectivity index (χ2v) is 23.5. The monoisotopic (exact) mass is 595 g/mol. The molecule has 0 radical (unpaired) electrons. The van der Waals surface area contributed by atoms with Crippen LogP contribution in [0.25, 0.3) is 22.2 Å². The van der Waals surface area contributed by atoms with E-state index in [1.165, 1.54) is 0 Å². The van der Waals surface area contributed by atoms with Gasteiger partial charge in [0.2, 0.25) is 0 Å². The summed E-state index contributed by atoms with van der Waals surface area (Å²) in [4.78, 5) is 35.3. The van der Waals surface area contributed by atoms with E-state index >= 15 is 0 Å². The van der Waals surface area contributed by atoms with Crippen molar-refractivity contribution in [3.8, 4) is 0 Å². The van der Waals surface area contributed by atoms with Crippen molar-refractivity contribution < 1.29 is 18.4 Å². The molecule has 0 unspecified atom stereocenters. The first-order valence-corrected chi connectivity index (χ1v) is 20.1. The van der Waals surface area contributed by atoms with Crippen molar-refractivity contribution in [3.05, 3.63) is 48.3 Å². The molecule has 1 N–H and O–H groups in total. The number of rotatable bonds is 10. The number of carbonyl (C=O) groups is 2. The summed E-state index contributed by atoms with van der Waals surface area (Å²) in [6.07, 6.45) is 7.90. The Bertz CT molecular complexity index is 1490. The number of amides is 2. The molecule has 4 heterocycles. The highest BCUT2D eigenvalue weighted by Gasteiger charge is 2.39. The van der Waals surface area contributed by atoms with Crippen LogP contribution in [-0.2, 0) is 31.7 Å². The molecule has 222 valence electrons. The molecule has 0 spiro atoms. The predicted octanol–water partition coefficient (Wildman–Crippen LogP) is 6.19. The number of aromatic nitrogens is 4. The number of hydrogen-bond donors (Lipinski definition) is 1. The largest absolute Gasteiger partial charge is 0.417 e. The van der Waals surface area contributed by atoms with E-state index in [0.29, 0.717) is 36.7 Å². The highest BCUT2D eigenvalue weighted by molar-refractivity contribution is 6.74. The first-order chi connectivity index (χ1) is 18.9. The average Bonchev–Trinajstić information content (AvgIpc) is 3.54. The molecule has 1 aliphatic rings. The fourth-order valence-corrected chi connectivity index (χ4v) is 6.23. The fraction of sp³-hybridized carbons (Fsp3) is 0.533. The van der Waals surface area contributed by atoms with E-state index in [2.05, 4.69) is 83.0 Å². The van der Waals surface area contributed by atoms with Gasteiger partial charge in [0.25, 0.3) is 11.8 Å². The summed E-state index contributed by atoms with van der Waals surface area (Å²) < 4.78 is 16.6. The quantitative estimate of drug-likeness (QED) is 0.170. The highest BCUT2D eigenvalue weighted by Crippen LogP contribution is 2.38. The zero-order chi connectivity index (χ0) is 30.4. The van der Waals surface area contributed by atoms with E-state index in [4.69, 9.17) is 8.85 Å².